The standard InChI is InChI=1S/C10H23N3O2S.ClH/c1-9(2)12(4)16(14,15)13-7-5-10(11-3)6-8-13;/h9-11H,5-8H2,1-4H3;1H. The van der Waals surface area contributed by atoms with Crippen LogP contribution in [0.25, 0.3) is 0 Å². The molecule has 0 aliphatic carbocycles. The minimum absolute atomic E-state index is 0. The molecule has 17 heavy (non-hydrogen) atoms. The fourth-order valence-corrected chi connectivity index (χ4v) is 3.39. The highest BCUT2D eigenvalue weighted by Crippen LogP contribution is 2.17. The van der Waals surface area contributed by atoms with Crippen molar-refractivity contribution in [1.29, 1.82) is 0 Å². The molecule has 0 aromatic rings. The van der Waals surface area contributed by atoms with Gasteiger partial charge in [-0.15, -0.1) is 12.4 Å². The largest absolute Gasteiger partial charge is 0.317 e. The Balaban J connectivity index is 0.00000256. The molecular weight excluding hydrogens is 262 g/mol. The van der Waals surface area contributed by atoms with Crippen molar-refractivity contribution in [3.05, 3.63) is 0 Å². The first-order valence-corrected chi connectivity index (χ1v) is 7.19. The number of piperidine rings is 1. The Labute approximate surface area is 111 Å². The molecule has 1 saturated heterocycles. The van der Waals surface area contributed by atoms with Gasteiger partial charge in [-0.2, -0.15) is 17.0 Å². The highest BCUT2D eigenvalue weighted by molar-refractivity contribution is 7.86. The fraction of sp³-hybridized carbons (Fsp3) is 1.00. The summed E-state index contributed by atoms with van der Waals surface area (Å²) in [5.74, 6) is 0. The zero-order valence-corrected chi connectivity index (χ0v) is 12.6. The first-order valence-electron chi connectivity index (χ1n) is 5.80. The maximum Gasteiger partial charge on any atom is 0.281 e. The van der Waals surface area contributed by atoms with Gasteiger partial charge in [0, 0.05) is 32.2 Å². The summed E-state index contributed by atoms with van der Waals surface area (Å²) in [5, 5.41) is 3.19. The molecule has 0 aromatic heterocycles. The highest BCUT2D eigenvalue weighted by Gasteiger charge is 2.31. The van der Waals surface area contributed by atoms with Gasteiger partial charge in [-0.1, -0.05) is 0 Å². The van der Waals surface area contributed by atoms with Gasteiger partial charge in [0.1, 0.15) is 0 Å². The van der Waals surface area contributed by atoms with E-state index < -0.39 is 10.2 Å². The van der Waals surface area contributed by atoms with Crippen molar-refractivity contribution in [3.8, 4) is 0 Å². The lowest BCUT2D eigenvalue weighted by Crippen LogP contribution is -2.50. The third-order valence-corrected chi connectivity index (χ3v) is 5.45. The number of rotatable bonds is 4. The summed E-state index contributed by atoms with van der Waals surface area (Å²) >= 11 is 0. The maximum atomic E-state index is 12.2. The molecular formula is C10H24ClN3O2S. The summed E-state index contributed by atoms with van der Waals surface area (Å²) in [6, 6.07) is 0.461. The predicted octanol–water partition coefficient (Wildman–Crippen LogP) is 0.677. The molecule has 1 heterocycles. The summed E-state index contributed by atoms with van der Waals surface area (Å²) in [5.41, 5.74) is 0. The zero-order valence-electron chi connectivity index (χ0n) is 11.0. The molecule has 104 valence electrons. The van der Waals surface area contributed by atoms with Crippen LogP contribution in [0.2, 0.25) is 0 Å². The van der Waals surface area contributed by atoms with Crippen LogP contribution < -0.4 is 5.32 Å². The van der Waals surface area contributed by atoms with E-state index in [2.05, 4.69) is 5.32 Å². The Morgan fingerprint density at radius 3 is 2.12 bits per heavy atom. The van der Waals surface area contributed by atoms with Crippen molar-refractivity contribution in [2.24, 2.45) is 0 Å². The third kappa shape index (κ3) is 4.06. The van der Waals surface area contributed by atoms with Crippen LogP contribution in [0.1, 0.15) is 26.7 Å². The van der Waals surface area contributed by atoms with Crippen molar-refractivity contribution in [3.63, 3.8) is 0 Å². The Bertz CT molecular complexity index is 314. The molecule has 1 rings (SSSR count). The average molecular weight is 286 g/mol. The van der Waals surface area contributed by atoms with Gasteiger partial charge in [-0.3, -0.25) is 0 Å². The van der Waals surface area contributed by atoms with Crippen LogP contribution in [-0.4, -0.2) is 56.3 Å². The molecule has 0 bridgehead atoms. The lowest BCUT2D eigenvalue weighted by atomic mass is 10.1. The van der Waals surface area contributed by atoms with Crippen molar-refractivity contribution >= 4 is 22.6 Å². The third-order valence-electron chi connectivity index (χ3n) is 3.28. The molecule has 7 heteroatoms. The second-order valence-corrected chi connectivity index (χ2v) is 6.57. The second-order valence-electron chi connectivity index (χ2n) is 4.58. The number of nitrogens with zero attached hydrogens (tertiary/aromatic N) is 2. The van der Waals surface area contributed by atoms with E-state index in [-0.39, 0.29) is 18.4 Å². The molecule has 1 aliphatic heterocycles. The minimum Gasteiger partial charge on any atom is -0.317 e. The summed E-state index contributed by atoms with van der Waals surface area (Å²) in [4.78, 5) is 0. The van der Waals surface area contributed by atoms with Gasteiger partial charge in [-0.25, -0.2) is 0 Å². The summed E-state index contributed by atoms with van der Waals surface area (Å²) in [6.07, 6.45) is 1.78. The molecule has 1 fully saturated rings. The van der Waals surface area contributed by atoms with E-state index in [1.54, 1.807) is 11.4 Å². The molecule has 0 aromatic carbocycles. The van der Waals surface area contributed by atoms with Crippen LogP contribution in [-0.2, 0) is 10.2 Å². The molecule has 0 spiro atoms. The van der Waals surface area contributed by atoms with Gasteiger partial charge in [0.25, 0.3) is 10.2 Å². The second kappa shape index (κ2) is 6.89. The summed E-state index contributed by atoms with van der Waals surface area (Å²) in [6.45, 7) is 5.01. The van der Waals surface area contributed by atoms with Crippen LogP contribution in [0.4, 0.5) is 0 Å². The molecule has 0 unspecified atom stereocenters. The molecule has 0 radical (unpaired) electrons. The van der Waals surface area contributed by atoms with Crippen LogP contribution in [0.15, 0.2) is 0 Å². The van der Waals surface area contributed by atoms with Crippen molar-refractivity contribution in [2.75, 3.05) is 27.2 Å². The predicted molar refractivity (Wildman–Crippen MR) is 72.7 cm³/mol. The van der Waals surface area contributed by atoms with E-state index in [9.17, 15) is 8.42 Å². The molecule has 1 N–H and O–H groups in total. The Kier molecular flexibility index (Phi) is 6.94. The van der Waals surface area contributed by atoms with Gasteiger partial charge >= 0.3 is 0 Å². The van der Waals surface area contributed by atoms with Gasteiger partial charge in [0.05, 0.1) is 0 Å². The van der Waals surface area contributed by atoms with Gasteiger partial charge < -0.3 is 5.32 Å². The minimum atomic E-state index is -3.25. The van der Waals surface area contributed by atoms with Gasteiger partial charge in [0.2, 0.25) is 0 Å². The Morgan fingerprint density at radius 2 is 1.76 bits per heavy atom. The maximum absolute atomic E-state index is 12.2. The fourth-order valence-electron chi connectivity index (χ4n) is 1.82. The molecule has 5 nitrogen and oxygen atoms in total. The molecule has 1 aliphatic rings. The smallest absolute Gasteiger partial charge is 0.281 e. The van der Waals surface area contributed by atoms with Crippen molar-refractivity contribution in [2.45, 2.75) is 38.8 Å². The number of hydrogen-bond acceptors (Lipinski definition) is 3. The monoisotopic (exact) mass is 285 g/mol. The highest BCUT2D eigenvalue weighted by atomic mass is 35.5. The van der Waals surface area contributed by atoms with Crippen LogP contribution in [0.3, 0.4) is 0 Å². The SMILES string of the molecule is CNC1CCN(S(=O)(=O)N(C)C(C)C)CC1.Cl. The first kappa shape index (κ1) is 17.1. The van der Waals surface area contributed by atoms with Crippen LogP contribution >= 0.6 is 12.4 Å². The van der Waals surface area contributed by atoms with Crippen LogP contribution in [0, 0.1) is 0 Å². The van der Waals surface area contributed by atoms with Crippen LogP contribution in [0.5, 0.6) is 0 Å². The number of nitrogens with one attached hydrogen (secondary N) is 1. The van der Waals surface area contributed by atoms with Crippen molar-refractivity contribution in [1.82, 2.24) is 13.9 Å². The van der Waals surface area contributed by atoms with E-state index >= 15 is 0 Å². The summed E-state index contributed by atoms with van der Waals surface area (Å²) in [7, 11) is 0.315. The Hall–Kier alpha value is 0.120. The van der Waals surface area contributed by atoms with E-state index in [0.29, 0.717) is 19.1 Å². The normalized spacial score (nSPS) is 19.6. The van der Waals surface area contributed by atoms with Gasteiger partial charge in [-0.05, 0) is 33.7 Å². The topological polar surface area (TPSA) is 52.7 Å². The van der Waals surface area contributed by atoms with E-state index in [4.69, 9.17) is 0 Å². The Morgan fingerprint density at radius 1 is 1.29 bits per heavy atom. The lowest BCUT2D eigenvalue weighted by Gasteiger charge is -2.34. The average Bonchev–Trinajstić information content (AvgIpc) is 2.28. The quantitative estimate of drug-likeness (QED) is 0.826. The number of hydrogen-bond donors (Lipinski definition) is 1. The molecule has 0 atom stereocenters. The van der Waals surface area contributed by atoms with E-state index in [1.807, 2.05) is 20.9 Å². The van der Waals surface area contributed by atoms with Crippen molar-refractivity contribution < 1.29 is 8.42 Å². The zero-order chi connectivity index (χ0) is 12.3. The van der Waals surface area contributed by atoms with E-state index in [0.717, 1.165) is 12.8 Å². The molecule has 0 saturated carbocycles. The first-order chi connectivity index (χ1) is 7.39. The van der Waals surface area contributed by atoms with Gasteiger partial charge in [0.15, 0.2) is 0 Å². The lowest BCUT2D eigenvalue weighted by molar-refractivity contribution is 0.272. The summed E-state index contributed by atoms with van der Waals surface area (Å²) < 4.78 is 27.3. The van der Waals surface area contributed by atoms with E-state index in [1.165, 1.54) is 4.31 Å². The molecule has 0 amide bonds. The number of halogens is 1.